The number of hydrogen-bond acceptors (Lipinski definition) is 6. The summed E-state index contributed by atoms with van der Waals surface area (Å²) in [5, 5.41) is 6.98. The van der Waals surface area contributed by atoms with Crippen molar-refractivity contribution in [3.05, 3.63) is 0 Å². The third-order valence-corrected chi connectivity index (χ3v) is 5.45. The van der Waals surface area contributed by atoms with Crippen LogP contribution in [0.15, 0.2) is 0 Å². The van der Waals surface area contributed by atoms with Gasteiger partial charge in [0.1, 0.15) is 12.6 Å². The molecule has 2 rings (SSSR count). The number of alkyl halides is 5. The molecule has 0 radical (unpaired) electrons. The van der Waals surface area contributed by atoms with Crippen LogP contribution in [-0.2, 0) is 28.7 Å². The molecule has 194 valence electrons. The standard InChI is InChI=1S/C20H28F5N3O6/c1-10(2)7-13(28-18(32)15-19(21,22)4-6-33-15)17(31)27-12(8-11-3-5-26-16(11)30)14(29)9-34-20(23,24)25/h10-13,15H,3-9H2,1-2H3,(H,26,30)(H,27,31)(H,28,32)/t11-,12-,13-,15?/m0/s1. The first-order chi connectivity index (χ1) is 15.7. The number of nitrogens with one attached hydrogen (secondary N) is 3. The third-order valence-electron chi connectivity index (χ3n) is 5.45. The molecule has 3 amide bonds. The number of rotatable bonds is 11. The van der Waals surface area contributed by atoms with E-state index in [0.29, 0.717) is 13.0 Å². The topological polar surface area (TPSA) is 123 Å². The molecule has 14 heteroatoms. The Kier molecular flexibility index (Phi) is 9.34. The smallest absolute Gasteiger partial charge is 0.362 e. The van der Waals surface area contributed by atoms with E-state index in [-0.39, 0.29) is 25.4 Å². The molecule has 9 nitrogen and oxygen atoms in total. The lowest BCUT2D eigenvalue weighted by atomic mass is 9.95. The Balaban J connectivity index is 2.14. The molecule has 2 aliphatic rings. The quantitative estimate of drug-likeness (QED) is 0.364. The molecule has 4 atom stereocenters. The molecule has 2 fully saturated rings. The minimum atomic E-state index is -5.09. The van der Waals surface area contributed by atoms with Crippen molar-refractivity contribution in [2.24, 2.45) is 11.8 Å². The molecular weight excluding hydrogens is 473 g/mol. The van der Waals surface area contributed by atoms with Crippen molar-refractivity contribution in [3.63, 3.8) is 0 Å². The fourth-order valence-electron chi connectivity index (χ4n) is 3.73. The van der Waals surface area contributed by atoms with Gasteiger partial charge in [0.15, 0.2) is 11.9 Å². The SMILES string of the molecule is CC(C)C[C@H](NC(=O)C1OCCC1(F)F)C(=O)N[C@@H](C[C@@H]1CCNC1=O)C(=O)COC(F)(F)F. The van der Waals surface area contributed by atoms with Crippen molar-refractivity contribution in [2.45, 2.75) is 70.0 Å². The second kappa shape index (κ2) is 11.4. The van der Waals surface area contributed by atoms with Crippen molar-refractivity contribution in [2.75, 3.05) is 19.8 Å². The number of ketones is 1. The Morgan fingerprint density at radius 2 is 1.88 bits per heavy atom. The molecule has 0 aliphatic carbocycles. The average molecular weight is 501 g/mol. The fraction of sp³-hybridized carbons (Fsp3) is 0.800. The van der Waals surface area contributed by atoms with Crippen LogP contribution in [0.3, 0.4) is 0 Å². The van der Waals surface area contributed by atoms with Gasteiger partial charge in [-0.1, -0.05) is 13.8 Å². The minimum Gasteiger partial charge on any atom is -0.362 e. The highest BCUT2D eigenvalue weighted by atomic mass is 19.4. The number of ether oxygens (including phenoxy) is 2. The summed E-state index contributed by atoms with van der Waals surface area (Å²) in [5.41, 5.74) is 0. The van der Waals surface area contributed by atoms with Crippen LogP contribution in [0.1, 0.15) is 39.5 Å². The van der Waals surface area contributed by atoms with Crippen LogP contribution < -0.4 is 16.0 Å². The van der Waals surface area contributed by atoms with E-state index in [0.717, 1.165) is 0 Å². The number of Topliss-reactive ketones (excluding diaryl/α,β-unsaturated/α-hetero) is 1. The highest BCUT2D eigenvalue weighted by Crippen LogP contribution is 2.31. The highest BCUT2D eigenvalue weighted by molar-refractivity contribution is 5.94. The van der Waals surface area contributed by atoms with Crippen LogP contribution in [0.4, 0.5) is 22.0 Å². The lowest BCUT2D eigenvalue weighted by Crippen LogP contribution is -2.56. The summed E-state index contributed by atoms with van der Waals surface area (Å²) in [5.74, 6) is -8.10. The van der Waals surface area contributed by atoms with E-state index in [9.17, 15) is 41.1 Å². The Morgan fingerprint density at radius 3 is 2.38 bits per heavy atom. The number of carbonyl (C=O) groups excluding carboxylic acids is 4. The average Bonchev–Trinajstić information content (AvgIpc) is 3.28. The Bertz CT molecular complexity index is 776. The van der Waals surface area contributed by atoms with Crippen LogP contribution in [0.25, 0.3) is 0 Å². The maximum Gasteiger partial charge on any atom is 0.522 e. The van der Waals surface area contributed by atoms with Crippen molar-refractivity contribution in [1.29, 1.82) is 0 Å². The van der Waals surface area contributed by atoms with E-state index in [4.69, 9.17) is 4.74 Å². The summed E-state index contributed by atoms with van der Waals surface area (Å²) in [4.78, 5) is 49.5. The summed E-state index contributed by atoms with van der Waals surface area (Å²) in [6.45, 7) is 1.95. The minimum absolute atomic E-state index is 0.0141. The molecule has 1 unspecified atom stereocenters. The van der Waals surface area contributed by atoms with E-state index < -0.39 is 72.9 Å². The Hall–Kier alpha value is -2.35. The van der Waals surface area contributed by atoms with Gasteiger partial charge in [-0.25, -0.2) is 8.78 Å². The van der Waals surface area contributed by atoms with E-state index >= 15 is 0 Å². The van der Waals surface area contributed by atoms with Crippen LogP contribution in [0.2, 0.25) is 0 Å². The monoisotopic (exact) mass is 501 g/mol. The predicted octanol–water partition coefficient (Wildman–Crippen LogP) is 1.06. The highest BCUT2D eigenvalue weighted by Gasteiger charge is 2.50. The molecule has 2 aliphatic heterocycles. The lowest BCUT2D eigenvalue weighted by molar-refractivity contribution is -0.321. The van der Waals surface area contributed by atoms with Gasteiger partial charge in [0.2, 0.25) is 11.8 Å². The van der Waals surface area contributed by atoms with Gasteiger partial charge >= 0.3 is 6.36 Å². The molecule has 0 bridgehead atoms. The van der Waals surface area contributed by atoms with Crippen LogP contribution in [-0.4, -0.2) is 73.7 Å². The summed E-state index contributed by atoms with van der Waals surface area (Å²) in [7, 11) is 0. The maximum atomic E-state index is 13.9. The van der Waals surface area contributed by atoms with Gasteiger partial charge in [0.25, 0.3) is 11.8 Å². The third kappa shape index (κ3) is 8.15. The maximum absolute atomic E-state index is 13.9. The van der Waals surface area contributed by atoms with Crippen LogP contribution in [0, 0.1) is 11.8 Å². The van der Waals surface area contributed by atoms with Gasteiger partial charge in [0.05, 0.1) is 12.6 Å². The molecule has 0 aromatic heterocycles. The second-order valence-corrected chi connectivity index (χ2v) is 8.73. The zero-order chi connectivity index (χ0) is 25.7. The van der Waals surface area contributed by atoms with Crippen LogP contribution >= 0.6 is 0 Å². The van der Waals surface area contributed by atoms with Gasteiger partial charge in [-0.3, -0.25) is 23.9 Å². The predicted molar refractivity (Wildman–Crippen MR) is 105 cm³/mol. The molecule has 34 heavy (non-hydrogen) atoms. The van der Waals surface area contributed by atoms with E-state index in [1.807, 2.05) is 0 Å². The zero-order valence-corrected chi connectivity index (χ0v) is 18.7. The van der Waals surface area contributed by atoms with Crippen LogP contribution in [0.5, 0.6) is 0 Å². The van der Waals surface area contributed by atoms with E-state index in [2.05, 4.69) is 20.7 Å². The first-order valence-electron chi connectivity index (χ1n) is 10.8. The van der Waals surface area contributed by atoms with Gasteiger partial charge in [0, 0.05) is 18.9 Å². The van der Waals surface area contributed by atoms with Crippen molar-refractivity contribution in [1.82, 2.24) is 16.0 Å². The zero-order valence-electron chi connectivity index (χ0n) is 18.7. The Labute approximate surface area is 192 Å². The number of carbonyl (C=O) groups is 4. The number of amides is 3. The molecule has 0 aromatic carbocycles. The molecule has 3 N–H and O–H groups in total. The molecule has 0 spiro atoms. The fourth-order valence-corrected chi connectivity index (χ4v) is 3.73. The summed E-state index contributed by atoms with van der Waals surface area (Å²) < 4.78 is 73.2. The van der Waals surface area contributed by atoms with Crippen molar-refractivity contribution < 1.29 is 50.6 Å². The normalized spacial score (nSPS) is 23.9. The summed E-state index contributed by atoms with van der Waals surface area (Å²) in [6.07, 6.45) is -7.83. The van der Waals surface area contributed by atoms with Gasteiger partial charge in [-0.15, -0.1) is 13.2 Å². The number of hydrogen-bond donors (Lipinski definition) is 3. The molecule has 2 heterocycles. The van der Waals surface area contributed by atoms with Gasteiger partial charge in [-0.2, -0.15) is 0 Å². The van der Waals surface area contributed by atoms with E-state index in [1.165, 1.54) is 0 Å². The molecule has 0 saturated carbocycles. The van der Waals surface area contributed by atoms with Gasteiger partial charge < -0.3 is 20.7 Å². The Morgan fingerprint density at radius 1 is 1.21 bits per heavy atom. The molecular formula is C20H28F5N3O6. The summed E-state index contributed by atoms with van der Waals surface area (Å²) >= 11 is 0. The van der Waals surface area contributed by atoms with Crippen molar-refractivity contribution >= 4 is 23.5 Å². The lowest BCUT2D eigenvalue weighted by Gasteiger charge is -2.26. The number of halogens is 5. The van der Waals surface area contributed by atoms with Gasteiger partial charge in [-0.05, 0) is 25.2 Å². The largest absolute Gasteiger partial charge is 0.522 e. The second-order valence-electron chi connectivity index (χ2n) is 8.73. The first-order valence-corrected chi connectivity index (χ1v) is 10.8. The first kappa shape index (κ1) is 27.9. The van der Waals surface area contributed by atoms with E-state index in [1.54, 1.807) is 13.8 Å². The molecule has 0 aromatic rings. The van der Waals surface area contributed by atoms with Crippen molar-refractivity contribution in [3.8, 4) is 0 Å². The summed E-state index contributed by atoms with van der Waals surface area (Å²) in [6, 6.07) is -2.90. The molecule has 2 saturated heterocycles.